The fourth-order valence-corrected chi connectivity index (χ4v) is 5.31. The van der Waals surface area contributed by atoms with Crippen molar-refractivity contribution in [3.8, 4) is 0 Å². The zero-order valence-electron chi connectivity index (χ0n) is 22.2. The summed E-state index contributed by atoms with van der Waals surface area (Å²) in [5.74, 6) is -1.28. The SMILES string of the molecule is O=C(NCc1cc(C(F)(F)F)cc(C(F)(F)F)c1)[C@@H](CCCN1CCC(c2ccccc2)CC1)c1ccc(F)cc1. The number of halogens is 7. The third kappa shape index (κ3) is 8.55. The Labute approximate surface area is 234 Å². The number of benzene rings is 3. The molecule has 0 spiro atoms. The summed E-state index contributed by atoms with van der Waals surface area (Å²) >= 11 is 0. The molecule has 10 heteroatoms. The molecule has 1 N–H and O–H groups in total. The largest absolute Gasteiger partial charge is 0.416 e. The fraction of sp³-hybridized carbons (Fsp3) is 0.387. The lowest BCUT2D eigenvalue weighted by molar-refractivity contribution is -0.143. The van der Waals surface area contributed by atoms with E-state index < -0.39 is 47.7 Å². The van der Waals surface area contributed by atoms with Gasteiger partial charge in [-0.2, -0.15) is 26.3 Å². The predicted octanol–water partition coefficient (Wildman–Crippen LogP) is 7.92. The number of carbonyl (C=O) groups excluding carboxylic acids is 1. The van der Waals surface area contributed by atoms with E-state index in [0.29, 0.717) is 36.5 Å². The highest BCUT2D eigenvalue weighted by molar-refractivity contribution is 5.83. The molecule has 220 valence electrons. The van der Waals surface area contributed by atoms with Gasteiger partial charge in [-0.1, -0.05) is 42.5 Å². The number of likely N-dealkylation sites (tertiary alicyclic amines) is 1. The van der Waals surface area contributed by atoms with Gasteiger partial charge in [0.2, 0.25) is 5.91 Å². The normalized spacial score (nSPS) is 16.0. The van der Waals surface area contributed by atoms with Crippen LogP contribution in [-0.4, -0.2) is 30.4 Å². The summed E-state index contributed by atoms with van der Waals surface area (Å²) in [5, 5.41) is 2.50. The van der Waals surface area contributed by atoms with E-state index in [-0.39, 0.29) is 11.6 Å². The summed E-state index contributed by atoms with van der Waals surface area (Å²) < 4.78 is 92.9. The number of nitrogens with zero attached hydrogens (tertiary/aromatic N) is 1. The molecular weight excluding hydrogens is 549 g/mol. The van der Waals surface area contributed by atoms with Crippen molar-refractivity contribution in [2.75, 3.05) is 19.6 Å². The molecule has 0 saturated carbocycles. The highest BCUT2D eigenvalue weighted by atomic mass is 19.4. The Hall–Kier alpha value is -3.40. The number of amides is 1. The third-order valence-electron chi connectivity index (χ3n) is 7.53. The Morgan fingerprint density at radius 2 is 1.44 bits per heavy atom. The first kappa shape index (κ1) is 30.6. The summed E-state index contributed by atoms with van der Waals surface area (Å²) in [4.78, 5) is 15.5. The monoisotopic (exact) mass is 580 g/mol. The van der Waals surface area contributed by atoms with Crippen molar-refractivity contribution < 1.29 is 35.5 Å². The first-order valence-corrected chi connectivity index (χ1v) is 13.5. The molecule has 1 saturated heterocycles. The van der Waals surface area contributed by atoms with Crippen molar-refractivity contribution in [2.24, 2.45) is 0 Å². The highest BCUT2D eigenvalue weighted by Crippen LogP contribution is 2.36. The molecule has 41 heavy (non-hydrogen) atoms. The number of carbonyl (C=O) groups is 1. The van der Waals surface area contributed by atoms with Gasteiger partial charge in [-0.25, -0.2) is 4.39 Å². The van der Waals surface area contributed by atoms with Gasteiger partial charge < -0.3 is 10.2 Å². The third-order valence-corrected chi connectivity index (χ3v) is 7.53. The van der Waals surface area contributed by atoms with Crippen molar-refractivity contribution in [2.45, 2.75) is 56.4 Å². The predicted molar refractivity (Wildman–Crippen MR) is 142 cm³/mol. The van der Waals surface area contributed by atoms with Gasteiger partial charge in [-0.3, -0.25) is 4.79 Å². The van der Waals surface area contributed by atoms with Crippen LogP contribution in [0, 0.1) is 5.82 Å². The molecule has 0 bridgehead atoms. The maximum Gasteiger partial charge on any atom is 0.416 e. The van der Waals surface area contributed by atoms with Gasteiger partial charge in [0.05, 0.1) is 17.0 Å². The lowest BCUT2D eigenvalue weighted by Crippen LogP contribution is -2.34. The number of rotatable bonds is 9. The van der Waals surface area contributed by atoms with Crippen molar-refractivity contribution in [3.63, 3.8) is 0 Å². The van der Waals surface area contributed by atoms with E-state index in [4.69, 9.17) is 0 Å². The number of hydrogen-bond acceptors (Lipinski definition) is 2. The molecule has 4 rings (SSSR count). The molecule has 3 aromatic rings. The summed E-state index contributed by atoms with van der Waals surface area (Å²) in [5.41, 5.74) is -1.36. The Bertz CT molecular complexity index is 1250. The average molecular weight is 581 g/mol. The van der Waals surface area contributed by atoms with Crippen LogP contribution in [0.4, 0.5) is 30.7 Å². The van der Waals surface area contributed by atoms with Gasteiger partial charge in [0, 0.05) is 6.54 Å². The summed E-state index contributed by atoms with van der Waals surface area (Å²) in [7, 11) is 0. The fourth-order valence-electron chi connectivity index (χ4n) is 5.31. The van der Waals surface area contributed by atoms with Crippen LogP contribution < -0.4 is 5.32 Å². The van der Waals surface area contributed by atoms with Crippen LogP contribution in [0.25, 0.3) is 0 Å². The van der Waals surface area contributed by atoms with Gasteiger partial charge in [-0.15, -0.1) is 0 Å². The summed E-state index contributed by atoms with van der Waals surface area (Å²) in [6.07, 6.45) is -6.91. The van der Waals surface area contributed by atoms with Crippen LogP contribution in [0.2, 0.25) is 0 Å². The van der Waals surface area contributed by atoms with Gasteiger partial charge in [0.1, 0.15) is 5.82 Å². The first-order valence-electron chi connectivity index (χ1n) is 13.5. The zero-order valence-corrected chi connectivity index (χ0v) is 22.2. The molecular formula is C31H31F7N2O. The minimum atomic E-state index is -4.98. The molecule has 0 radical (unpaired) electrons. The number of hydrogen-bond donors (Lipinski definition) is 1. The maximum absolute atomic E-state index is 13.5. The zero-order chi connectivity index (χ0) is 29.6. The van der Waals surface area contributed by atoms with Crippen LogP contribution in [-0.2, 0) is 23.7 Å². The van der Waals surface area contributed by atoms with Crippen molar-refractivity contribution in [1.82, 2.24) is 10.2 Å². The van der Waals surface area contributed by atoms with Gasteiger partial charge in [0.25, 0.3) is 0 Å². The Morgan fingerprint density at radius 1 is 0.854 bits per heavy atom. The van der Waals surface area contributed by atoms with Crippen LogP contribution in [0.1, 0.15) is 65.3 Å². The molecule has 0 unspecified atom stereocenters. The molecule has 1 fully saturated rings. The second kappa shape index (κ2) is 13.1. The second-order valence-corrected chi connectivity index (χ2v) is 10.4. The van der Waals surface area contributed by atoms with E-state index in [2.05, 4.69) is 22.3 Å². The van der Waals surface area contributed by atoms with E-state index in [9.17, 15) is 35.5 Å². The number of nitrogens with one attached hydrogen (secondary N) is 1. The minimum absolute atomic E-state index is 0.0509. The molecule has 1 atom stereocenters. The lowest BCUT2D eigenvalue weighted by atomic mass is 9.89. The van der Waals surface area contributed by atoms with Crippen molar-refractivity contribution in [1.29, 1.82) is 0 Å². The van der Waals surface area contributed by atoms with Crippen molar-refractivity contribution >= 4 is 5.91 Å². The first-order chi connectivity index (χ1) is 19.4. The van der Waals surface area contributed by atoms with Crippen molar-refractivity contribution in [3.05, 3.63) is 106 Å². The molecule has 0 aromatic heterocycles. The standard InChI is InChI=1S/C31H31F7N2O/c32-27-10-8-24(9-11-27)28(7-4-14-40-15-12-23(13-16-40)22-5-2-1-3-6-22)29(41)39-20-21-17-25(30(33,34)35)19-26(18-21)31(36,37)38/h1-3,5-6,8-11,17-19,23,28H,4,7,12-16,20H2,(H,39,41)/t28-/m0/s1. The van der Waals surface area contributed by atoms with E-state index in [1.165, 1.54) is 29.8 Å². The number of piperidine rings is 1. The Morgan fingerprint density at radius 3 is 2.00 bits per heavy atom. The Kier molecular flexibility index (Phi) is 9.73. The minimum Gasteiger partial charge on any atom is -0.351 e. The molecule has 1 aliphatic rings. The van der Waals surface area contributed by atoms with Gasteiger partial charge in [0.15, 0.2) is 0 Å². The van der Waals surface area contributed by atoms with Crippen LogP contribution in [0.15, 0.2) is 72.8 Å². The lowest BCUT2D eigenvalue weighted by Gasteiger charge is -2.32. The van der Waals surface area contributed by atoms with E-state index in [1.54, 1.807) is 0 Å². The van der Waals surface area contributed by atoms with Crippen LogP contribution >= 0.6 is 0 Å². The number of alkyl halides is 6. The highest BCUT2D eigenvalue weighted by Gasteiger charge is 2.37. The smallest absolute Gasteiger partial charge is 0.351 e. The van der Waals surface area contributed by atoms with E-state index in [0.717, 1.165) is 32.5 Å². The van der Waals surface area contributed by atoms with Crippen LogP contribution in [0.3, 0.4) is 0 Å². The van der Waals surface area contributed by atoms with Crippen LogP contribution in [0.5, 0.6) is 0 Å². The molecule has 0 aliphatic carbocycles. The van der Waals surface area contributed by atoms with Gasteiger partial charge in [-0.05, 0) is 98.3 Å². The van der Waals surface area contributed by atoms with Gasteiger partial charge >= 0.3 is 12.4 Å². The topological polar surface area (TPSA) is 32.3 Å². The summed E-state index contributed by atoms with van der Waals surface area (Å²) in [6.45, 7) is 2.03. The molecule has 1 heterocycles. The van der Waals surface area contributed by atoms with E-state index >= 15 is 0 Å². The molecule has 1 amide bonds. The van der Waals surface area contributed by atoms with E-state index in [1.807, 2.05) is 18.2 Å². The molecule has 3 aromatic carbocycles. The maximum atomic E-state index is 13.5. The second-order valence-electron chi connectivity index (χ2n) is 10.4. The Balaban J connectivity index is 1.39. The molecule has 1 aliphatic heterocycles. The average Bonchev–Trinajstić information content (AvgIpc) is 2.94. The summed E-state index contributed by atoms with van der Waals surface area (Å²) in [6, 6.07) is 16.9. The molecule has 3 nitrogen and oxygen atoms in total. The quantitative estimate of drug-likeness (QED) is 0.261.